The van der Waals surface area contributed by atoms with E-state index in [1.165, 1.54) is 12.8 Å². The molecule has 0 amide bonds. The highest BCUT2D eigenvalue weighted by molar-refractivity contribution is 7.89. The lowest BCUT2D eigenvalue weighted by molar-refractivity contribution is 0.122. The van der Waals surface area contributed by atoms with Gasteiger partial charge in [0.05, 0.1) is 11.0 Å². The van der Waals surface area contributed by atoms with Gasteiger partial charge in [0.15, 0.2) is 0 Å². The fourth-order valence-corrected chi connectivity index (χ4v) is 2.85. The van der Waals surface area contributed by atoms with Crippen molar-refractivity contribution in [1.29, 1.82) is 0 Å². The zero-order valence-electron chi connectivity index (χ0n) is 11.9. The minimum atomic E-state index is -3.45. The molecule has 0 aliphatic heterocycles. The lowest BCUT2D eigenvalue weighted by atomic mass is 10.2. The van der Waals surface area contributed by atoms with Crippen LogP contribution in [0.25, 0.3) is 0 Å². The Morgan fingerprint density at radius 2 is 1.95 bits per heavy atom. The number of sulfonamides is 1. The molecule has 2 N–H and O–H groups in total. The third kappa shape index (κ3) is 4.56. The Labute approximate surface area is 120 Å². The maximum Gasteiger partial charge on any atom is 0.240 e. The molecule has 1 aliphatic rings. The molecule has 20 heavy (non-hydrogen) atoms. The van der Waals surface area contributed by atoms with Gasteiger partial charge in [-0.05, 0) is 37.5 Å². The second-order valence-corrected chi connectivity index (χ2v) is 6.96. The van der Waals surface area contributed by atoms with E-state index in [9.17, 15) is 8.42 Å². The number of nitrogens with one attached hydrogen (secondary N) is 2. The average Bonchev–Trinajstić information content (AvgIpc) is 3.27. The summed E-state index contributed by atoms with van der Waals surface area (Å²) in [5, 5.41) is 3.40. The summed E-state index contributed by atoms with van der Waals surface area (Å²) in [6.45, 7) is 2.87. The molecular weight excluding hydrogens is 276 g/mol. The monoisotopic (exact) mass is 298 g/mol. The molecule has 112 valence electrons. The predicted octanol–water partition coefficient (Wildman–Crippen LogP) is 1.25. The van der Waals surface area contributed by atoms with Crippen LogP contribution in [-0.2, 0) is 21.3 Å². The number of methoxy groups -OCH3 is 1. The van der Waals surface area contributed by atoms with Crippen molar-refractivity contribution in [3.05, 3.63) is 29.8 Å². The molecule has 0 bridgehead atoms. The zero-order valence-corrected chi connectivity index (χ0v) is 12.7. The second-order valence-electron chi connectivity index (χ2n) is 5.20. The van der Waals surface area contributed by atoms with E-state index < -0.39 is 10.0 Å². The molecule has 1 aliphatic carbocycles. The Morgan fingerprint density at radius 3 is 2.50 bits per heavy atom. The standard InChI is InChI=1S/C14H22N2O3S/c1-11(19-2)9-16-20(17,18)14-7-3-12(4-8-14)10-15-13-5-6-13/h3-4,7-8,11,13,15-16H,5-6,9-10H2,1-2H3. The zero-order chi connectivity index (χ0) is 14.6. The van der Waals surface area contributed by atoms with Gasteiger partial charge in [-0.2, -0.15) is 0 Å². The number of hydrogen-bond donors (Lipinski definition) is 2. The van der Waals surface area contributed by atoms with Crippen LogP contribution in [0.4, 0.5) is 0 Å². The fraction of sp³-hybridized carbons (Fsp3) is 0.571. The molecule has 1 aromatic carbocycles. The Morgan fingerprint density at radius 1 is 1.30 bits per heavy atom. The van der Waals surface area contributed by atoms with E-state index >= 15 is 0 Å². The van der Waals surface area contributed by atoms with E-state index in [1.807, 2.05) is 19.1 Å². The maximum atomic E-state index is 12.1. The highest BCUT2D eigenvalue weighted by atomic mass is 32.2. The van der Waals surface area contributed by atoms with Gasteiger partial charge >= 0.3 is 0 Å². The first kappa shape index (κ1) is 15.4. The predicted molar refractivity (Wildman–Crippen MR) is 78.0 cm³/mol. The first-order valence-electron chi connectivity index (χ1n) is 6.86. The van der Waals surface area contributed by atoms with Gasteiger partial charge in [0.1, 0.15) is 0 Å². The van der Waals surface area contributed by atoms with Crippen LogP contribution < -0.4 is 10.0 Å². The quantitative estimate of drug-likeness (QED) is 0.758. The van der Waals surface area contributed by atoms with Gasteiger partial charge in [-0.15, -0.1) is 0 Å². The molecule has 1 aromatic rings. The van der Waals surface area contributed by atoms with Crippen molar-refractivity contribution in [3.8, 4) is 0 Å². The van der Waals surface area contributed by atoms with Gasteiger partial charge in [-0.1, -0.05) is 12.1 Å². The second kappa shape index (κ2) is 6.67. The smallest absolute Gasteiger partial charge is 0.240 e. The third-order valence-electron chi connectivity index (χ3n) is 3.37. The van der Waals surface area contributed by atoms with Gasteiger partial charge < -0.3 is 10.1 Å². The van der Waals surface area contributed by atoms with Gasteiger partial charge in [-0.3, -0.25) is 0 Å². The molecule has 0 aromatic heterocycles. The Bertz CT molecular complexity index is 524. The minimum Gasteiger partial charge on any atom is -0.380 e. The highest BCUT2D eigenvalue weighted by Crippen LogP contribution is 2.19. The van der Waals surface area contributed by atoms with Gasteiger partial charge in [0.2, 0.25) is 10.0 Å². The summed E-state index contributed by atoms with van der Waals surface area (Å²) in [6.07, 6.45) is 2.34. The Kier molecular flexibility index (Phi) is 5.15. The van der Waals surface area contributed by atoms with Crippen molar-refractivity contribution in [3.63, 3.8) is 0 Å². The van der Waals surface area contributed by atoms with Crippen LogP contribution in [0.2, 0.25) is 0 Å². The summed E-state index contributed by atoms with van der Waals surface area (Å²) in [6, 6.07) is 7.64. The van der Waals surface area contributed by atoms with Crippen molar-refractivity contribution < 1.29 is 13.2 Å². The SMILES string of the molecule is COC(C)CNS(=O)(=O)c1ccc(CNC2CC2)cc1. The molecular formula is C14H22N2O3S. The van der Waals surface area contributed by atoms with Crippen molar-refractivity contribution in [1.82, 2.24) is 10.0 Å². The van der Waals surface area contributed by atoms with Crippen LogP contribution in [0.15, 0.2) is 29.2 Å². The van der Waals surface area contributed by atoms with E-state index in [1.54, 1.807) is 19.2 Å². The number of ether oxygens (including phenoxy) is 1. The normalized spacial score (nSPS) is 17.1. The summed E-state index contributed by atoms with van der Waals surface area (Å²) < 4.78 is 31.7. The molecule has 0 heterocycles. The van der Waals surface area contributed by atoms with Crippen LogP contribution in [0.3, 0.4) is 0 Å². The van der Waals surface area contributed by atoms with Crippen LogP contribution in [0.1, 0.15) is 25.3 Å². The van der Waals surface area contributed by atoms with Crippen LogP contribution in [0, 0.1) is 0 Å². The minimum absolute atomic E-state index is 0.146. The summed E-state index contributed by atoms with van der Waals surface area (Å²) in [5.41, 5.74) is 1.10. The molecule has 2 rings (SSSR count). The van der Waals surface area contributed by atoms with E-state index in [4.69, 9.17) is 4.74 Å². The summed E-state index contributed by atoms with van der Waals surface area (Å²) >= 11 is 0. The summed E-state index contributed by atoms with van der Waals surface area (Å²) in [5.74, 6) is 0. The third-order valence-corrected chi connectivity index (χ3v) is 4.81. The van der Waals surface area contributed by atoms with E-state index in [2.05, 4.69) is 10.0 Å². The van der Waals surface area contributed by atoms with Crippen molar-refractivity contribution in [2.24, 2.45) is 0 Å². The van der Waals surface area contributed by atoms with Crippen molar-refractivity contribution >= 4 is 10.0 Å². The van der Waals surface area contributed by atoms with E-state index in [-0.39, 0.29) is 17.5 Å². The van der Waals surface area contributed by atoms with Crippen LogP contribution >= 0.6 is 0 Å². The molecule has 1 atom stereocenters. The molecule has 1 unspecified atom stereocenters. The molecule has 5 nitrogen and oxygen atoms in total. The average molecular weight is 298 g/mol. The molecule has 6 heteroatoms. The largest absolute Gasteiger partial charge is 0.380 e. The summed E-state index contributed by atoms with van der Waals surface area (Å²) in [4.78, 5) is 0.288. The van der Waals surface area contributed by atoms with Crippen LogP contribution in [0.5, 0.6) is 0 Å². The Balaban J connectivity index is 1.92. The summed E-state index contributed by atoms with van der Waals surface area (Å²) in [7, 11) is -1.90. The molecule has 0 radical (unpaired) electrons. The van der Waals surface area contributed by atoms with Crippen molar-refractivity contribution in [2.75, 3.05) is 13.7 Å². The van der Waals surface area contributed by atoms with Gasteiger partial charge in [0, 0.05) is 26.2 Å². The maximum absolute atomic E-state index is 12.1. The van der Waals surface area contributed by atoms with Crippen LogP contribution in [-0.4, -0.2) is 34.2 Å². The first-order chi connectivity index (χ1) is 9.51. The Hall–Kier alpha value is -0.950. The number of rotatable bonds is 8. The molecule has 1 fully saturated rings. The molecule has 0 spiro atoms. The number of hydrogen-bond acceptors (Lipinski definition) is 4. The van der Waals surface area contributed by atoms with E-state index in [0.29, 0.717) is 6.04 Å². The van der Waals surface area contributed by atoms with Crippen molar-refractivity contribution in [2.45, 2.75) is 43.4 Å². The lowest BCUT2D eigenvalue weighted by Crippen LogP contribution is -2.31. The van der Waals surface area contributed by atoms with E-state index in [0.717, 1.165) is 12.1 Å². The number of benzene rings is 1. The molecule has 0 saturated heterocycles. The van der Waals surface area contributed by atoms with Gasteiger partial charge in [0.25, 0.3) is 0 Å². The fourth-order valence-electron chi connectivity index (χ4n) is 1.73. The van der Waals surface area contributed by atoms with Gasteiger partial charge in [-0.25, -0.2) is 13.1 Å². The lowest BCUT2D eigenvalue weighted by Gasteiger charge is -2.11. The first-order valence-corrected chi connectivity index (χ1v) is 8.34. The highest BCUT2D eigenvalue weighted by Gasteiger charge is 2.20. The molecule has 1 saturated carbocycles. The topological polar surface area (TPSA) is 67.4 Å².